The molecule has 0 amide bonds. The number of rotatable bonds is 0. The van der Waals surface area contributed by atoms with E-state index in [1.54, 1.807) is 0 Å². The van der Waals surface area contributed by atoms with Gasteiger partial charge in [-0.05, 0) is 23.7 Å². The van der Waals surface area contributed by atoms with Gasteiger partial charge in [-0.25, -0.2) is 0 Å². The first-order valence-electron chi connectivity index (χ1n) is 7.58. The van der Waals surface area contributed by atoms with Crippen LogP contribution in [0.3, 0.4) is 0 Å². The molecule has 0 heterocycles. The Morgan fingerprint density at radius 1 is 0.412 bits per heavy atom. The van der Waals surface area contributed by atoms with Gasteiger partial charge in [-0.1, -0.05) is 79.1 Å². The van der Waals surface area contributed by atoms with E-state index in [0.29, 0.717) is 0 Å². The van der Waals surface area contributed by atoms with E-state index >= 15 is 0 Å². The Labute approximate surface area is 135 Å². The van der Waals surface area contributed by atoms with E-state index in [1.807, 2.05) is 0 Å². The molecule has 17 heavy (non-hydrogen) atoms. The maximum absolute atomic E-state index is 2.37. The third-order valence-electron chi connectivity index (χ3n) is 4.61. The SMILES string of the molecule is CC1CCC(C)CC1.CC1CCC(C)CC1.[Y]. The topological polar surface area (TPSA) is 0 Å². The molecule has 0 aliphatic heterocycles. The van der Waals surface area contributed by atoms with Crippen molar-refractivity contribution >= 4 is 0 Å². The molecule has 0 spiro atoms. The second kappa shape index (κ2) is 9.96. The fourth-order valence-corrected chi connectivity index (χ4v) is 2.85. The number of hydrogen-bond donors (Lipinski definition) is 0. The average molecular weight is 313 g/mol. The van der Waals surface area contributed by atoms with Crippen molar-refractivity contribution in [3.05, 3.63) is 0 Å². The molecule has 0 nitrogen and oxygen atoms in total. The van der Waals surface area contributed by atoms with Crippen LogP contribution in [0.15, 0.2) is 0 Å². The van der Waals surface area contributed by atoms with Crippen molar-refractivity contribution in [2.24, 2.45) is 23.7 Å². The summed E-state index contributed by atoms with van der Waals surface area (Å²) in [5.41, 5.74) is 0. The molecule has 0 atom stereocenters. The normalized spacial score (nSPS) is 37.4. The smallest absolute Gasteiger partial charge is 0 e. The van der Waals surface area contributed by atoms with Crippen LogP contribution in [-0.4, -0.2) is 0 Å². The first-order valence-corrected chi connectivity index (χ1v) is 7.58. The van der Waals surface area contributed by atoms with Crippen LogP contribution in [0.5, 0.6) is 0 Å². The van der Waals surface area contributed by atoms with Crippen LogP contribution in [0.1, 0.15) is 79.1 Å². The molecule has 2 rings (SSSR count). The van der Waals surface area contributed by atoms with Gasteiger partial charge in [0.2, 0.25) is 0 Å². The largest absolute Gasteiger partial charge is 0.0625 e. The zero-order valence-corrected chi connectivity index (χ0v) is 15.4. The molecule has 99 valence electrons. The molecule has 1 radical (unpaired) electrons. The fourth-order valence-electron chi connectivity index (χ4n) is 2.85. The summed E-state index contributed by atoms with van der Waals surface area (Å²) in [5, 5.41) is 0. The van der Waals surface area contributed by atoms with Crippen molar-refractivity contribution in [2.45, 2.75) is 79.1 Å². The van der Waals surface area contributed by atoms with Gasteiger partial charge in [-0.2, -0.15) is 0 Å². The molecule has 0 aromatic heterocycles. The second-order valence-corrected chi connectivity index (χ2v) is 6.73. The van der Waals surface area contributed by atoms with Crippen LogP contribution in [0.25, 0.3) is 0 Å². The summed E-state index contributed by atoms with van der Waals surface area (Å²) in [6, 6.07) is 0. The molecule has 2 saturated carbocycles. The van der Waals surface area contributed by atoms with E-state index in [1.165, 1.54) is 51.4 Å². The maximum atomic E-state index is 2.37. The van der Waals surface area contributed by atoms with Crippen molar-refractivity contribution in [1.29, 1.82) is 0 Å². The van der Waals surface area contributed by atoms with E-state index in [2.05, 4.69) is 27.7 Å². The molecule has 0 saturated heterocycles. The van der Waals surface area contributed by atoms with Crippen molar-refractivity contribution in [2.75, 3.05) is 0 Å². The Morgan fingerprint density at radius 3 is 0.647 bits per heavy atom. The van der Waals surface area contributed by atoms with E-state index in [4.69, 9.17) is 0 Å². The van der Waals surface area contributed by atoms with Gasteiger partial charge in [-0.3, -0.25) is 0 Å². The van der Waals surface area contributed by atoms with Crippen LogP contribution < -0.4 is 0 Å². The minimum atomic E-state index is 0. The van der Waals surface area contributed by atoms with Gasteiger partial charge < -0.3 is 0 Å². The van der Waals surface area contributed by atoms with Crippen LogP contribution in [0.4, 0.5) is 0 Å². The molecule has 0 aromatic rings. The summed E-state index contributed by atoms with van der Waals surface area (Å²) in [7, 11) is 0. The van der Waals surface area contributed by atoms with Crippen molar-refractivity contribution in [3.8, 4) is 0 Å². The predicted molar refractivity (Wildman–Crippen MR) is 73.6 cm³/mol. The van der Waals surface area contributed by atoms with E-state index in [-0.39, 0.29) is 32.7 Å². The zero-order valence-electron chi connectivity index (χ0n) is 12.5. The third-order valence-corrected chi connectivity index (χ3v) is 4.61. The van der Waals surface area contributed by atoms with Gasteiger partial charge in [0.15, 0.2) is 0 Å². The predicted octanol–water partition coefficient (Wildman–Crippen LogP) is 5.66. The van der Waals surface area contributed by atoms with Crippen LogP contribution >= 0.6 is 0 Å². The van der Waals surface area contributed by atoms with Crippen LogP contribution in [0, 0.1) is 23.7 Å². The molecular weight excluding hydrogens is 281 g/mol. The molecule has 0 bridgehead atoms. The summed E-state index contributed by atoms with van der Waals surface area (Å²) >= 11 is 0. The average Bonchev–Trinajstić information content (AvgIpc) is 2.28. The summed E-state index contributed by atoms with van der Waals surface area (Å²) in [4.78, 5) is 0. The molecular formula is C16H32Y. The minimum absolute atomic E-state index is 0. The molecule has 0 N–H and O–H groups in total. The summed E-state index contributed by atoms with van der Waals surface area (Å²) in [6.07, 6.45) is 11.8. The summed E-state index contributed by atoms with van der Waals surface area (Å²) in [6.45, 7) is 9.47. The Morgan fingerprint density at radius 2 is 0.529 bits per heavy atom. The number of hydrogen-bond acceptors (Lipinski definition) is 0. The first-order chi connectivity index (χ1) is 7.58. The maximum Gasteiger partial charge on any atom is 0 e. The molecule has 2 aliphatic rings. The Kier molecular flexibility index (Phi) is 10.6. The molecule has 2 aliphatic carbocycles. The fraction of sp³-hybridized carbons (Fsp3) is 1.00. The Bertz CT molecular complexity index is 122. The Balaban J connectivity index is 0.000000284. The summed E-state index contributed by atoms with van der Waals surface area (Å²) in [5.74, 6) is 4.08. The first kappa shape index (κ1) is 18.1. The van der Waals surface area contributed by atoms with Gasteiger partial charge in [-0.15, -0.1) is 0 Å². The van der Waals surface area contributed by atoms with Crippen molar-refractivity contribution < 1.29 is 32.7 Å². The van der Waals surface area contributed by atoms with Gasteiger partial charge >= 0.3 is 0 Å². The van der Waals surface area contributed by atoms with E-state index < -0.39 is 0 Å². The second-order valence-electron chi connectivity index (χ2n) is 6.73. The molecule has 0 aromatic carbocycles. The van der Waals surface area contributed by atoms with E-state index in [9.17, 15) is 0 Å². The quantitative estimate of drug-likeness (QED) is 0.541. The third kappa shape index (κ3) is 8.76. The van der Waals surface area contributed by atoms with E-state index in [0.717, 1.165) is 23.7 Å². The standard InChI is InChI=1S/2C8H16.Y/c2*1-7-3-5-8(2)6-4-7;/h2*7-8H,3-6H2,1-2H3;. The molecule has 2 fully saturated rings. The Hall–Kier alpha value is 1.10. The molecule has 0 unspecified atom stereocenters. The van der Waals surface area contributed by atoms with Gasteiger partial charge in [0.25, 0.3) is 0 Å². The molecule has 1 heteroatoms. The van der Waals surface area contributed by atoms with Crippen molar-refractivity contribution in [3.63, 3.8) is 0 Å². The van der Waals surface area contributed by atoms with Crippen molar-refractivity contribution in [1.82, 2.24) is 0 Å². The zero-order chi connectivity index (χ0) is 12.0. The summed E-state index contributed by atoms with van der Waals surface area (Å²) < 4.78 is 0. The van der Waals surface area contributed by atoms with Crippen LogP contribution in [0.2, 0.25) is 0 Å². The monoisotopic (exact) mass is 313 g/mol. The van der Waals surface area contributed by atoms with Gasteiger partial charge in [0.05, 0.1) is 0 Å². The van der Waals surface area contributed by atoms with Gasteiger partial charge in [0.1, 0.15) is 0 Å². The van der Waals surface area contributed by atoms with Gasteiger partial charge in [0, 0.05) is 32.7 Å². The van der Waals surface area contributed by atoms with Crippen LogP contribution in [-0.2, 0) is 32.7 Å². The minimum Gasteiger partial charge on any atom is -0.0625 e.